The molecule has 1 atom stereocenters. The molecule has 0 rings (SSSR count). The summed E-state index contributed by atoms with van der Waals surface area (Å²) >= 11 is 0. The highest BCUT2D eigenvalue weighted by Crippen LogP contribution is 2.14. The van der Waals surface area contributed by atoms with Crippen LogP contribution in [0.2, 0.25) is 0 Å². The Labute approximate surface area is 163 Å². The number of carbonyl (C=O) groups is 1. The summed E-state index contributed by atoms with van der Waals surface area (Å²) in [4.78, 5) is 11.2. The first-order valence-electron chi connectivity index (χ1n) is 11.6. The lowest BCUT2D eigenvalue weighted by Gasteiger charge is -2.06. The minimum atomic E-state index is -0.884. The average Bonchev–Trinajstić information content (AvgIpc) is 2.63. The molecule has 0 aliphatic carbocycles. The Kier molecular flexibility index (Phi) is 20.3. The van der Waals surface area contributed by atoms with Crippen LogP contribution in [0, 0.1) is 0 Å². The van der Waals surface area contributed by atoms with Crippen molar-refractivity contribution in [2.75, 3.05) is 6.54 Å². The number of hydrogen-bond donors (Lipinski definition) is 2. The number of hydrogen-bond acceptors (Lipinski definition) is 2. The quantitative estimate of drug-likeness (QED) is 0.240. The summed E-state index contributed by atoms with van der Waals surface area (Å²) in [5.74, 6) is -0.253. The summed E-state index contributed by atoms with van der Waals surface area (Å²) in [6, 6.07) is 0. The maximum absolute atomic E-state index is 11.2. The molecular formula is C23H47NO2. The molecule has 0 aromatic carbocycles. The minimum absolute atomic E-state index is 0.253. The van der Waals surface area contributed by atoms with Crippen molar-refractivity contribution in [3.63, 3.8) is 0 Å². The van der Waals surface area contributed by atoms with Crippen LogP contribution in [0.15, 0.2) is 0 Å². The zero-order valence-corrected chi connectivity index (χ0v) is 17.9. The van der Waals surface area contributed by atoms with Gasteiger partial charge in [0.25, 0.3) is 0 Å². The molecule has 26 heavy (non-hydrogen) atoms. The predicted molar refractivity (Wildman–Crippen MR) is 113 cm³/mol. The van der Waals surface area contributed by atoms with Gasteiger partial charge in [0.1, 0.15) is 6.10 Å². The van der Waals surface area contributed by atoms with Crippen molar-refractivity contribution in [3.05, 3.63) is 0 Å². The Morgan fingerprint density at radius 1 is 0.654 bits per heavy atom. The summed E-state index contributed by atoms with van der Waals surface area (Å²) < 4.78 is 0. The highest BCUT2D eigenvalue weighted by Gasteiger charge is 2.06. The van der Waals surface area contributed by atoms with Gasteiger partial charge in [-0.15, -0.1) is 0 Å². The van der Waals surface area contributed by atoms with Crippen LogP contribution in [-0.4, -0.2) is 23.7 Å². The first kappa shape index (κ1) is 25.4. The van der Waals surface area contributed by atoms with Crippen molar-refractivity contribution < 1.29 is 9.90 Å². The summed E-state index contributed by atoms with van der Waals surface area (Å²) in [5.41, 5.74) is 0. The fraction of sp³-hybridized carbons (Fsp3) is 0.957. The fourth-order valence-corrected chi connectivity index (χ4v) is 3.39. The van der Waals surface area contributed by atoms with E-state index < -0.39 is 6.10 Å². The number of carbonyl (C=O) groups excluding carboxylic acids is 1. The van der Waals surface area contributed by atoms with E-state index in [1.54, 1.807) is 0 Å². The molecule has 0 spiro atoms. The summed E-state index contributed by atoms with van der Waals surface area (Å²) in [7, 11) is 0. The number of aliphatic hydroxyl groups excluding tert-OH is 1. The van der Waals surface area contributed by atoms with Gasteiger partial charge in [0, 0.05) is 6.54 Å². The maximum atomic E-state index is 11.2. The van der Waals surface area contributed by atoms with Gasteiger partial charge in [0.15, 0.2) is 0 Å². The van der Waals surface area contributed by atoms with Crippen LogP contribution < -0.4 is 5.32 Å². The van der Waals surface area contributed by atoms with Gasteiger partial charge in [-0.25, -0.2) is 0 Å². The molecule has 0 aliphatic heterocycles. The molecule has 1 amide bonds. The number of unbranched alkanes of at least 4 members (excludes halogenated alkanes) is 17. The average molecular weight is 370 g/mol. The zero-order valence-electron chi connectivity index (χ0n) is 17.9. The van der Waals surface area contributed by atoms with E-state index in [2.05, 4.69) is 12.2 Å². The Hall–Kier alpha value is -0.570. The van der Waals surface area contributed by atoms with E-state index in [1.807, 2.05) is 0 Å². The van der Waals surface area contributed by atoms with E-state index >= 15 is 0 Å². The van der Waals surface area contributed by atoms with Gasteiger partial charge in [0.05, 0.1) is 0 Å². The van der Waals surface area contributed by atoms with Crippen molar-refractivity contribution in [2.45, 2.75) is 136 Å². The molecule has 0 aliphatic rings. The van der Waals surface area contributed by atoms with Crippen LogP contribution >= 0.6 is 0 Å². The Bertz CT molecular complexity index is 292. The van der Waals surface area contributed by atoms with E-state index in [0.717, 1.165) is 6.42 Å². The van der Waals surface area contributed by atoms with Crippen molar-refractivity contribution in [1.82, 2.24) is 5.32 Å². The number of rotatable bonds is 20. The van der Waals surface area contributed by atoms with E-state index in [9.17, 15) is 4.79 Å². The van der Waals surface area contributed by atoms with E-state index in [0.29, 0.717) is 6.54 Å². The number of amides is 1. The third kappa shape index (κ3) is 19.8. The molecule has 0 heterocycles. The van der Waals surface area contributed by atoms with Crippen molar-refractivity contribution >= 4 is 5.91 Å². The highest BCUT2D eigenvalue weighted by atomic mass is 16.3. The number of nitrogens with one attached hydrogen (secondary N) is 1. The Morgan fingerprint density at radius 2 is 0.962 bits per heavy atom. The third-order valence-electron chi connectivity index (χ3n) is 5.21. The third-order valence-corrected chi connectivity index (χ3v) is 5.21. The van der Waals surface area contributed by atoms with Gasteiger partial charge >= 0.3 is 0 Å². The second kappa shape index (κ2) is 20.7. The molecule has 156 valence electrons. The first-order chi connectivity index (χ1) is 12.7. The lowest BCUT2D eigenvalue weighted by molar-refractivity contribution is -0.128. The van der Waals surface area contributed by atoms with Gasteiger partial charge in [-0.1, -0.05) is 116 Å². The van der Waals surface area contributed by atoms with Crippen LogP contribution in [0.25, 0.3) is 0 Å². The van der Waals surface area contributed by atoms with Gasteiger partial charge in [-0.05, 0) is 13.3 Å². The molecule has 0 aromatic rings. The molecule has 0 fully saturated rings. The maximum Gasteiger partial charge on any atom is 0.248 e. The molecule has 0 saturated heterocycles. The predicted octanol–water partition coefficient (Wildman–Crippen LogP) is 6.53. The van der Waals surface area contributed by atoms with Crippen molar-refractivity contribution in [2.24, 2.45) is 0 Å². The SMILES string of the molecule is CCCCCCCCCCCCCCCCCCCCNC(=O)C(C)O. The van der Waals surface area contributed by atoms with Crippen LogP contribution in [0.1, 0.15) is 129 Å². The van der Waals surface area contributed by atoms with E-state index in [1.165, 1.54) is 116 Å². The lowest BCUT2D eigenvalue weighted by atomic mass is 10.0. The van der Waals surface area contributed by atoms with E-state index in [-0.39, 0.29) is 5.91 Å². The lowest BCUT2D eigenvalue weighted by Crippen LogP contribution is -2.33. The van der Waals surface area contributed by atoms with Crippen LogP contribution in [0.5, 0.6) is 0 Å². The zero-order chi connectivity index (χ0) is 19.3. The van der Waals surface area contributed by atoms with Crippen LogP contribution in [0.3, 0.4) is 0 Å². The van der Waals surface area contributed by atoms with Crippen molar-refractivity contribution in [3.8, 4) is 0 Å². The second-order valence-corrected chi connectivity index (χ2v) is 7.98. The molecule has 0 saturated carbocycles. The van der Waals surface area contributed by atoms with Crippen LogP contribution in [-0.2, 0) is 4.79 Å². The molecule has 1 unspecified atom stereocenters. The largest absolute Gasteiger partial charge is 0.384 e. The van der Waals surface area contributed by atoms with Gasteiger partial charge < -0.3 is 10.4 Å². The van der Waals surface area contributed by atoms with Gasteiger partial charge in [-0.2, -0.15) is 0 Å². The topological polar surface area (TPSA) is 49.3 Å². The molecule has 3 nitrogen and oxygen atoms in total. The molecular weight excluding hydrogens is 322 g/mol. The highest BCUT2D eigenvalue weighted by molar-refractivity contribution is 5.79. The molecule has 0 radical (unpaired) electrons. The summed E-state index contributed by atoms with van der Waals surface area (Å²) in [6.45, 7) is 4.48. The smallest absolute Gasteiger partial charge is 0.248 e. The molecule has 2 N–H and O–H groups in total. The second-order valence-electron chi connectivity index (χ2n) is 7.98. The summed E-state index contributed by atoms with van der Waals surface area (Å²) in [6.07, 6.45) is 23.8. The molecule has 0 bridgehead atoms. The van der Waals surface area contributed by atoms with Gasteiger partial charge in [-0.3, -0.25) is 4.79 Å². The summed E-state index contributed by atoms with van der Waals surface area (Å²) in [5, 5.41) is 11.8. The monoisotopic (exact) mass is 369 g/mol. The standard InChI is InChI=1S/C23H47NO2/c1-3-4-5-6-7-8-9-10-11-12-13-14-15-16-17-18-19-20-21-24-23(26)22(2)25/h22,25H,3-21H2,1-2H3,(H,24,26). The minimum Gasteiger partial charge on any atom is -0.384 e. The van der Waals surface area contributed by atoms with E-state index in [4.69, 9.17) is 5.11 Å². The first-order valence-corrected chi connectivity index (χ1v) is 11.6. The Morgan fingerprint density at radius 3 is 1.27 bits per heavy atom. The molecule has 0 aromatic heterocycles. The van der Waals surface area contributed by atoms with Gasteiger partial charge in [0.2, 0.25) is 5.91 Å². The Balaban J connectivity index is 3.04. The normalized spacial score (nSPS) is 12.3. The van der Waals surface area contributed by atoms with Crippen molar-refractivity contribution in [1.29, 1.82) is 0 Å². The van der Waals surface area contributed by atoms with Crippen LogP contribution in [0.4, 0.5) is 0 Å². The molecule has 3 heteroatoms. The number of aliphatic hydroxyl groups is 1. The fourth-order valence-electron chi connectivity index (χ4n) is 3.39.